The van der Waals surface area contributed by atoms with Crippen molar-refractivity contribution in [2.75, 3.05) is 0 Å². The van der Waals surface area contributed by atoms with E-state index in [-0.39, 0.29) is 0 Å². The van der Waals surface area contributed by atoms with Crippen molar-refractivity contribution < 1.29 is 0 Å². The zero-order valence-corrected chi connectivity index (χ0v) is 26.1. The Kier molecular flexibility index (Phi) is 5.02. The quantitative estimate of drug-likeness (QED) is 0.175. The van der Waals surface area contributed by atoms with Gasteiger partial charge in [-0.3, -0.25) is 0 Å². The Labute approximate surface area is 274 Å². The van der Waals surface area contributed by atoms with Gasteiger partial charge in [-0.25, -0.2) is 0 Å². The third-order valence-electron chi connectivity index (χ3n) is 10.0. The first kappa shape index (κ1) is 25.3. The van der Waals surface area contributed by atoms with Crippen LogP contribution in [0.3, 0.4) is 0 Å². The summed E-state index contributed by atoms with van der Waals surface area (Å²) in [5.41, 5.74) is 9.83. The number of thiophene rings is 1. The van der Waals surface area contributed by atoms with E-state index < -0.39 is 0 Å². The molecule has 0 N–H and O–H groups in total. The minimum Gasteiger partial charge on any atom is -0.309 e. The number of aromatic nitrogens is 2. The van der Waals surface area contributed by atoms with Gasteiger partial charge in [-0.05, 0) is 82.6 Å². The van der Waals surface area contributed by atoms with Gasteiger partial charge < -0.3 is 9.13 Å². The summed E-state index contributed by atoms with van der Waals surface area (Å²) in [5, 5.41) is 10.4. The van der Waals surface area contributed by atoms with Gasteiger partial charge in [0.25, 0.3) is 0 Å². The predicted octanol–water partition coefficient (Wildman–Crippen LogP) is 12.5. The molecule has 0 spiro atoms. The van der Waals surface area contributed by atoms with Crippen LogP contribution in [0.1, 0.15) is 0 Å². The molecule has 0 aliphatic rings. The van der Waals surface area contributed by atoms with E-state index >= 15 is 0 Å². The Morgan fingerprint density at radius 3 is 2.04 bits per heavy atom. The third-order valence-corrected chi connectivity index (χ3v) is 11.3. The molecule has 0 aliphatic heterocycles. The lowest BCUT2D eigenvalue weighted by atomic mass is 9.96. The van der Waals surface area contributed by atoms with E-state index in [0.717, 1.165) is 0 Å². The van der Waals surface area contributed by atoms with Crippen molar-refractivity contribution in [1.29, 1.82) is 0 Å². The molecule has 0 amide bonds. The maximum atomic E-state index is 2.52. The fraction of sp³-hybridized carbons (Fsp3) is 0. The lowest BCUT2D eigenvalue weighted by Crippen LogP contribution is -1.94. The summed E-state index contributed by atoms with van der Waals surface area (Å²) in [6.45, 7) is 0. The monoisotopic (exact) mass is 614 g/mol. The number of fused-ring (bicyclic) bond motifs is 6. The maximum absolute atomic E-state index is 2.52. The molecule has 0 unspecified atom stereocenters. The second-order valence-corrected chi connectivity index (χ2v) is 13.6. The van der Waals surface area contributed by atoms with Gasteiger partial charge in [0, 0.05) is 42.7 Å². The summed E-state index contributed by atoms with van der Waals surface area (Å²) in [6.07, 6.45) is 0. The van der Waals surface area contributed by atoms with Gasteiger partial charge in [-0.1, -0.05) is 97.1 Å². The van der Waals surface area contributed by atoms with E-state index in [1.54, 1.807) is 0 Å². The average molecular weight is 615 g/mol. The van der Waals surface area contributed by atoms with Crippen molar-refractivity contribution >= 4 is 85.9 Å². The standard InChI is InChI=1S/C44H26N2S/c1-2-11-31(12-3-1)45-36-16-6-4-13-32(36)35-25-28(22-23-37(35)45)30-24-29-21-20-27-10-8-17-38-42(27)43(29)40(26-30)46(38)39-18-9-15-34-33-14-5-7-19-41(33)47-44(34)39/h1-26H. The Hall–Kier alpha value is -5.90. The Morgan fingerprint density at radius 2 is 1.11 bits per heavy atom. The molecule has 11 aromatic rings. The number of para-hydroxylation sites is 2. The first-order valence-corrected chi connectivity index (χ1v) is 16.9. The van der Waals surface area contributed by atoms with Crippen LogP contribution in [0.25, 0.3) is 97.1 Å². The summed E-state index contributed by atoms with van der Waals surface area (Å²) < 4.78 is 7.56. The van der Waals surface area contributed by atoms with Gasteiger partial charge in [0.05, 0.1) is 32.5 Å². The maximum Gasteiger partial charge on any atom is 0.0640 e. The molecule has 11 rings (SSSR count). The normalized spacial score (nSPS) is 12.3. The SMILES string of the molecule is c1ccc(-n2c3ccccc3c3cc(-c4cc5ccc6cccc7c6c5c(c4)n7-c4cccc5c4sc4ccccc45)ccc32)cc1. The molecule has 218 valence electrons. The number of hydrogen-bond donors (Lipinski definition) is 0. The van der Waals surface area contributed by atoms with E-state index in [4.69, 9.17) is 0 Å². The minimum absolute atomic E-state index is 1.18. The van der Waals surface area contributed by atoms with Crippen molar-refractivity contribution in [1.82, 2.24) is 9.13 Å². The Bertz CT molecular complexity index is 3010. The molecule has 2 nitrogen and oxygen atoms in total. The van der Waals surface area contributed by atoms with Crippen LogP contribution in [0.4, 0.5) is 0 Å². The molecule has 0 bridgehead atoms. The summed E-state index contributed by atoms with van der Waals surface area (Å²) in [4.78, 5) is 0. The molecule has 47 heavy (non-hydrogen) atoms. The molecule has 3 heterocycles. The summed E-state index contributed by atoms with van der Waals surface area (Å²) >= 11 is 1.89. The van der Waals surface area contributed by atoms with Crippen LogP contribution >= 0.6 is 11.3 Å². The second-order valence-electron chi connectivity index (χ2n) is 12.5. The topological polar surface area (TPSA) is 9.86 Å². The second kappa shape index (κ2) is 9.32. The van der Waals surface area contributed by atoms with Crippen molar-refractivity contribution in [3.05, 3.63) is 158 Å². The number of nitrogens with zero attached hydrogens (tertiary/aromatic N) is 2. The van der Waals surface area contributed by atoms with Crippen molar-refractivity contribution in [2.24, 2.45) is 0 Å². The van der Waals surface area contributed by atoms with Crippen LogP contribution < -0.4 is 0 Å². The average Bonchev–Trinajstić information content (AvgIpc) is 3.79. The predicted molar refractivity (Wildman–Crippen MR) is 202 cm³/mol. The minimum atomic E-state index is 1.18. The summed E-state index contributed by atoms with van der Waals surface area (Å²) in [6, 6.07) is 58.1. The molecule has 0 atom stereocenters. The zero-order chi connectivity index (χ0) is 30.6. The highest BCUT2D eigenvalue weighted by atomic mass is 32.1. The third kappa shape index (κ3) is 3.44. The Balaban J connectivity index is 1.22. The zero-order valence-electron chi connectivity index (χ0n) is 25.3. The molecule has 0 fully saturated rings. The molecule has 0 radical (unpaired) electrons. The molecular weight excluding hydrogens is 589 g/mol. The van der Waals surface area contributed by atoms with Crippen LogP contribution in [0.5, 0.6) is 0 Å². The van der Waals surface area contributed by atoms with Crippen molar-refractivity contribution in [3.63, 3.8) is 0 Å². The van der Waals surface area contributed by atoms with E-state index in [0.29, 0.717) is 0 Å². The van der Waals surface area contributed by atoms with Crippen molar-refractivity contribution in [2.45, 2.75) is 0 Å². The van der Waals surface area contributed by atoms with E-state index in [2.05, 4.69) is 167 Å². The van der Waals surface area contributed by atoms with Gasteiger partial charge in [0.1, 0.15) is 0 Å². The Morgan fingerprint density at radius 1 is 0.383 bits per heavy atom. The van der Waals surface area contributed by atoms with Crippen LogP contribution in [-0.4, -0.2) is 9.13 Å². The van der Waals surface area contributed by atoms with Gasteiger partial charge in [-0.15, -0.1) is 11.3 Å². The number of benzene rings is 8. The number of hydrogen-bond acceptors (Lipinski definition) is 1. The first-order valence-electron chi connectivity index (χ1n) is 16.1. The van der Waals surface area contributed by atoms with Crippen molar-refractivity contribution in [3.8, 4) is 22.5 Å². The molecule has 0 saturated carbocycles. The highest BCUT2D eigenvalue weighted by molar-refractivity contribution is 7.26. The fourth-order valence-electron chi connectivity index (χ4n) is 8.04. The van der Waals surface area contributed by atoms with E-state index in [9.17, 15) is 0 Å². The molecular formula is C44H26N2S. The number of rotatable bonds is 3. The van der Waals surface area contributed by atoms with Gasteiger partial charge in [0.2, 0.25) is 0 Å². The first-order chi connectivity index (χ1) is 23.3. The smallest absolute Gasteiger partial charge is 0.0640 e. The lowest BCUT2D eigenvalue weighted by Gasteiger charge is -2.11. The molecule has 3 aromatic heterocycles. The molecule has 0 aliphatic carbocycles. The van der Waals surface area contributed by atoms with Gasteiger partial charge >= 0.3 is 0 Å². The van der Waals surface area contributed by atoms with Crippen LogP contribution in [0, 0.1) is 0 Å². The van der Waals surface area contributed by atoms with Crippen LogP contribution in [-0.2, 0) is 0 Å². The van der Waals surface area contributed by atoms with E-state index in [1.165, 1.54) is 97.1 Å². The van der Waals surface area contributed by atoms with E-state index in [1.807, 2.05) is 11.3 Å². The largest absolute Gasteiger partial charge is 0.309 e. The van der Waals surface area contributed by atoms with Crippen LogP contribution in [0.2, 0.25) is 0 Å². The highest BCUT2D eigenvalue weighted by Gasteiger charge is 2.21. The molecule has 3 heteroatoms. The van der Waals surface area contributed by atoms with Gasteiger partial charge in [-0.2, -0.15) is 0 Å². The van der Waals surface area contributed by atoms with Gasteiger partial charge in [0.15, 0.2) is 0 Å². The summed E-state index contributed by atoms with van der Waals surface area (Å²) in [5.74, 6) is 0. The highest BCUT2D eigenvalue weighted by Crippen LogP contribution is 2.45. The molecule has 0 saturated heterocycles. The fourth-order valence-corrected chi connectivity index (χ4v) is 9.24. The molecule has 8 aromatic carbocycles. The summed E-state index contributed by atoms with van der Waals surface area (Å²) in [7, 11) is 0. The van der Waals surface area contributed by atoms with Crippen LogP contribution in [0.15, 0.2) is 158 Å². The lowest BCUT2D eigenvalue weighted by molar-refractivity contribution is 1.18.